The quantitative estimate of drug-likeness (QED) is 0.858. The lowest BCUT2D eigenvalue weighted by molar-refractivity contribution is -0.183. The van der Waals surface area contributed by atoms with Gasteiger partial charge in [-0.05, 0) is 33.1 Å². The average Bonchev–Trinajstić information content (AvgIpc) is 2.36. The molecule has 0 aromatic rings. The number of rotatable bonds is 4. The van der Waals surface area contributed by atoms with Crippen molar-refractivity contribution in [2.45, 2.75) is 57.8 Å². The molecule has 0 bridgehead atoms. The van der Waals surface area contributed by atoms with Crippen LogP contribution in [0.3, 0.4) is 0 Å². The van der Waals surface area contributed by atoms with Crippen LogP contribution in [-0.2, 0) is 4.79 Å². The van der Waals surface area contributed by atoms with Gasteiger partial charge in [-0.25, -0.2) is 0 Å². The highest BCUT2D eigenvalue weighted by Crippen LogP contribution is 2.37. The molecule has 3 nitrogen and oxygen atoms in total. The topological polar surface area (TPSA) is 32.3 Å². The first-order chi connectivity index (χ1) is 8.75. The fourth-order valence-corrected chi connectivity index (χ4v) is 2.55. The van der Waals surface area contributed by atoms with Crippen molar-refractivity contribution >= 4 is 5.91 Å². The molecular weight excluding hydrogens is 257 g/mol. The molecule has 0 radical (unpaired) electrons. The Morgan fingerprint density at radius 3 is 2.58 bits per heavy atom. The third-order valence-electron chi connectivity index (χ3n) is 3.84. The van der Waals surface area contributed by atoms with Gasteiger partial charge in [-0.3, -0.25) is 4.79 Å². The summed E-state index contributed by atoms with van der Waals surface area (Å²) in [6.07, 6.45) is -2.56. The van der Waals surface area contributed by atoms with Crippen LogP contribution in [-0.4, -0.2) is 42.7 Å². The van der Waals surface area contributed by atoms with Gasteiger partial charge in [0.05, 0.1) is 12.0 Å². The Morgan fingerprint density at radius 2 is 2.05 bits per heavy atom. The normalized spacial score (nSPS) is 26.0. The van der Waals surface area contributed by atoms with Crippen LogP contribution in [0.1, 0.15) is 39.5 Å². The summed E-state index contributed by atoms with van der Waals surface area (Å²) in [7, 11) is 1.69. The van der Waals surface area contributed by atoms with Crippen LogP contribution in [0.25, 0.3) is 0 Å². The highest BCUT2D eigenvalue weighted by atomic mass is 19.4. The van der Waals surface area contributed by atoms with Crippen LogP contribution >= 0.6 is 0 Å². The Kier molecular flexibility index (Phi) is 5.64. The minimum absolute atomic E-state index is 0.0726. The summed E-state index contributed by atoms with van der Waals surface area (Å²) in [6.45, 7) is 4.18. The maximum Gasteiger partial charge on any atom is 0.391 e. The van der Waals surface area contributed by atoms with E-state index in [1.807, 2.05) is 6.92 Å². The molecule has 1 saturated carbocycles. The molecule has 0 aromatic carbocycles. The maximum absolute atomic E-state index is 12.7. The highest BCUT2D eigenvalue weighted by Gasteiger charge is 2.42. The third kappa shape index (κ3) is 4.67. The monoisotopic (exact) mass is 280 g/mol. The molecule has 112 valence electrons. The molecule has 0 saturated heterocycles. The van der Waals surface area contributed by atoms with Gasteiger partial charge in [0.1, 0.15) is 0 Å². The van der Waals surface area contributed by atoms with E-state index < -0.39 is 18.1 Å². The van der Waals surface area contributed by atoms with Crippen molar-refractivity contribution in [3.8, 4) is 0 Å². The van der Waals surface area contributed by atoms with Crippen molar-refractivity contribution in [2.75, 3.05) is 13.6 Å². The van der Waals surface area contributed by atoms with E-state index in [0.717, 1.165) is 0 Å². The largest absolute Gasteiger partial charge is 0.391 e. The van der Waals surface area contributed by atoms with Crippen molar-refractivity contribution in [2.24, 2.45) is 5.92 Å². The number of halogens is 3. The number of nitrogens with zero attached hydrogens (tertiary/aromatic N) is 1. The molecule has 1 aliphatic carbocycles. The molecule has 0 spiro atoms. The van der Waals surface area contributed by atoms with Gasteiger partial charge in [-0.15, -0.1) is 0 Å². The Hall–Kier alpha value is -0.780. The van der Waals surface area contributed by atoms with E-state index in [1.165, 1.54) is 0 Å². The molecule has 1 rings (SSSR count). The summed E-state index contributed by atoms with van der Waals surface area (Å²) in [4.78, 5) is 13.4. The van der Waals surface area contributed by atoms with Crippen LogP contribution in [0, 0.1) is 5.92 Å². The lowest BCUT2D eigenvalue weighted by atomic mass is 9.85. The third-order valence-corrected chi connectivity index (χ3v) is 3.84. The van der Waals surface area contributed by atoms with E-state index in [1.54, 1.807) is 18.9 Å². The van der Waals surface area contributed by atoms with Crippen LogP contribution in [0.2, 0.25) is 0 Å². The van der Waals surface area contributed by atoms with E-state index in [9.17, 15) is 18.0 Å². The highest BCUT2D eigenvalue weighted by molar-refractivity contribution is 5.81. The van der Waals surface area contributed by atoms with Gasteiger partial charge >= 0.3 is 6.18 Å². The Morgan fingerprint density at radius 1 is 1.42 bits per heavy atom. The first-order valence-corrected chi connectivity index (χ1v) is 6.83. The van der Waals surface area contributed by atoms with Crippen molar-refractivity contribution < 1.29 is 18.0 Å². The second-order valence-corrected chi connectivity index (χ2v) is 5.34. The van der Waals surface area contributed by atoms with E-state index in [2.05, 4.69) is 5.32 Å². The first kappa shape index (κ1) is 16.3. The van der Waals surface area contributed by atoms with Crippen LogP contribution in [0.15, 0.2) is 0 Å². The van der Waals surface area contributed by atoms with Gasteiger partial charge in [-0.1, -0.05) is 6.42 Å². The molecule has 6 heteroatoms. The number of hydrogen-bond acceptors (Lipinski definition) is 2. The van der Waals surface area contributed by atoms with E-state index in [-0.39, 0.29) is 24.8 Å². The van der Waals surface area contributed by atoms with Crippen molar-refractivity contribution in [3.05, 3.63) is 0 Å². The Balaban J connectivity index is 2.51. The standard InChI is InChI=1S/C13H23F3N2O/c1-4-18(3)12(19)9(2)17-11-7-5-6-10(8-11)13(14,15)16/h9-11,17H,4-8H2,1-3H3. The van der Waals surface area contributed by atoms with E-state index in [4.69, 9.17) is 0 Å². The van der Waals surface area contributed by atoms with Crippen LogP contribution < -0.4 is 5.32 Å². The second kappa shape index (κ2) is 6.59. The Labute approximate surface area is 112 Å². The zero-order chi connectivity index (χ0) is 14.6. The molecule has 1 amide bonds. The fraction of sp³-hybridized carbons (Fsp3) is 0.923. The number of hydrogen-bond donors (Lipinski definition) is 1. The molecule has 3 atom stereocenters. The molecule has 0 aromatic heterocycles. The minimum Gasteiger partial charge on any atom is -0.345 e. The second-order valence-electron chi connectivity index (χ2n) is 5.34. The minimum atomic E-state index is -4.12. The van der Waals surface area contributed by atoms with Gasteiger partial charge in [0, 0.05) is 19.6 Å². The predicted octanol–water partition coefficient (Wildman–Crippen LogP) is 2.56. The van der Waals surface area contributed by atoms with Crippen LogP contribution in [0.4, 0.5) is 13.2 Å². The number of amides is 1. The number of nitrogens with one attached hydrogen (secondary N) is 1. The molecule has 1 fully saturated rings. The van der Waals surface area contributed by atoms with Gasteiger partial charge in [0.25, 0.3) is 0 Å². The van der Waals surface area contributed by atoms with Crippen molar-refractivity contribution in [3.63, 3.8) is 0 Å². The lowest BCUT2D eigenvalue weighted by Gasteiger charge is -2.33. The number of carbonyl (C=O) groups excluding carboxylic acids is 1. The summed E-state index contributed by atoms with van der Waals surface area (Å²) in [5.74, 6) is -1.30. The lowest BCUT2D eigenvalue weighted by Crippen LogP contribution is -2.49. The SMILES string of the molecule is CCN(C)C(=O)C(C)NC1CCCC(C(F)(F)F)C1. The van der Waals surface area contributed by atoms with Crippen molar-refractivity contribution in [1.82, 2.24) is 10.2 Å². The summed E-state index contributed by atoms with van der Waals surface area (Å²) in [5.41, 5.74) is 0. The summed E-state index contributed by atoms with van der Waals surface area (Å²) in [6, 6.07) is -0.647. The average molecular weight is 280 g/mol. The summed E-state index contributed by atoms with van der Waals surface area (Å²) < 4.78 is 38.1. The molecule has 3 unspecified atom stereocenters. The van der Waals surface area contributed by atoms with Crippen LogP contribution in [0.5, 0.6) is 0 Å². The zero-order valence-electron chi connectivity index (χ0n) is 11.8. The van der Waals surface area contributed by atoms with Gasteiger partial charge in [-0.2, -0.15) is 13.2 Å². The van der Waals surface area contributed by atoms with Crippen molar-refractivity contribution in [1.29, 1.82) is 0 Å². The molecule has 19 heavy (non-hydrogen) atoms. The number of alkyl halides is 3. The van der Waals surface area contributed by atoms with E-state index in [0.29, 0.717) is 19.4 Å². The molecular formula is C13H23F3N2O. The Bertz CT molecular complexity index is 307. The van der Waals surface area contributed by atoms with Gasteiger partial charge < -0.3 is 10.2 Å². The smallest absolute Gasteiger partial charge is 0.345 e. The molecule has 0 aliphatic heterocycles. The fourth-order valence-electron chi connectivity index (χ4n) is 2.55. The first-order valence-electron chi connectivity index (χ1n) is 6.83. The zero-order valence-corrected chi connectivity index (χ0v) is 11.8. The van der Waals surface area contributed by atoms with E-state index >= 15 is 0 Å². The summed E-state index contributed by atoms with van der Waals surface area (Å²) >= 11 is 0. The molecule has 1 aliphatic rings. The molecule has 1 N–H and O–H groups in total. The maximum atomic E-state index is 12.7. The predicted molar refractivity (Wildman–Crippen MR) is 67.7 cm³/mol. The number of carbonyl (C=O) groups is 1. The number of likely N-dealkylation sites (N-methyl/N-ethyl adjacent to an activating group) is 1. The summed E-state index contributed by atoms with van der Waals surface area (Å²) in [5, 5.41) is 3.04. The van der Waals surface area contributed by atoms with Gasteiger partial charge in [0.15, 0.2) is 0 Å². The molecule has 0 heterocycles. The van der Waals surface area contributed by atoms with Gasteiger partial charge in [0.2, 0.25) is 5.91 Å².